The number of hydrogen-bond acceptors (Lipinski definition) is 4. The van der Waals surface area contributed by atoms with E-state index in [1.54, 1.807) is 12.1 Å². The molecule has 4 rings (SSSR count). The van der Waals surface area contributed by atoms with Crippen LogP contribution in [0.25, 0.3) is 11.0 Å². The predicted molar refractivity (Wildman–Crippen MR) is 129 cm³/mol. The zero-order valence-electron chi connectivity index (χ0n) is 19.3. The molecule has 0 aliphatic carbocycles. The number of rotatable bonds is 9. The van der Waals surface area contributed by atoms with Crippen molar-refractivity contribution in [2.45, 2.75) is 39.5 Å². The Morgan fingerprint density at radius 2 is 1.79 bits per heavy atom. The first-order valence-electron chi connectivity index (χ1n) is 11.2. The SMILES string of the molecule is Cc1cc(C)cc(OCC(O)Cn2c(CC(=O)NCc3ccc(F)cc3)nc3ccccc32)c1. The minimum absolute atomic E-state index is 0.0561. The highest BCUT2D eigenvalue weighted by molar-refractivity contribution is 5.81. The molecule has 0 radical (unpaired) electrons. The van der Waals surface area contributed by atoms with Crippen LogP contribution in [0.2, 0.25) is 0 Å². The Hall–Kier alpha value is -3.71. The van der Waals surface area contributed by atoms with Crippen molar-refractivity contribution in [1.29, 1.82) is 0 Å². The Morgan fingerprint density at radius 3 is 2.53 bits per heavy atom. The number of carbonyl (C=O) groups is 1. The zero-order chi connectivity index (χ0) is 24.1. The summed E-state index contributed by atoms with van der Waals surface area (Å²) in [6.45, 7) is 4.66. The van der Waals surface area contributed by atoms with Crippen LogP contribution >= 0.6 is 0 Å². The maximum Gasteiger partial charge on any atom is 0.227 e. The van der Waals surface area contributed by atoms with Crippen molar-refractivity contribution in [2.24, 2.45) is 0 Å². The molecule has 0 fully saturated rings. The van der Waals surface area contributed by atoms with Crippen molar-refractivity contribution in [3.05, 3.63) is 95.1 Å². The number of aliphatic hydroxyl groups is 1. The second-order valence-corrected chi connectivity index (χ2v) is 8.50. The van der Waals surface area contributed by atoms with E-state index in [0.29, 0.717) is 18.1 Å². The lowest BCUT2D eigenvalue weighted by atomic mass is 10.1. The van der Waals surface area contributed by atoms with Gasteiger partial charge in [-0.3, -0.25) is 4.79 Å². The fourth-order valence-corrected chi connectivity index (χ4v) is 3.95. The Bertz CT molecular complexity index is 1260. The maximum atomic E-state index is 13.1. The first-order valence-corrected chi connectivity index (χ1v) is 11.2. The van der Waals surface area contributed by atoms with Gasteiger partial charge in [0.05, 0.1) is 24.0 Å². The molecule has 6 nitrogen and oxygen atoms in total. The Balaban J connectivity index is 1.43. The minimum atomic E-state index is -0.792. The van der Waals surface area contributed by atoms with Crippen molar-refractivity contribution in [3.8, 4) is 5.75 Å². The third kappa shape index (κ3) is 5.99. The summed E-state index contributed by atoms with van der Waals surface area (Å²) in [6, 6.07) is 19.5. The van der Waals surface area contributed by atoms with Gasteiger partial charge in [-0.1, -0.05) is 30.3 Å². The summed E-state index contributed by atoms with van der Waals surface area (Å²) < 4.78 is 20.8. The number of imidazole rings is 1. The van der Waals surface area contributed by atoms with Crippen LogP contribution in [0.15, 0.2) is 66.7 Å². The van der Waals surface area contributed by atoms with Crippen LogP contribution in [0.1, 0.15) is 22.5 Å². The fourth-order valence-electron chi connectivity index (χ4n) is 3.95. The zero-order valence-corrected chi connectivity index (χ0v) is 19.3. The lowest BCUT2D eigenvalue weighted by Gasteiger charge is -2.16. The molecule has 176 valence electrons. The molecule has 4 aromatic rings. The van der Waals surface area contributed by atoms with Crippen molar-refractivity contribution in [2.75, 3.05) is 6.61 Å². The molecular formula is C27H28FN3O3. The Kier molecular flexibility index (Phi) is 7.23. The summed E-state index contributed by atoms with van der Waals surface area (Å²) >= 11 is 0. The molecule has 34 heavy (non-hydrogen) atoms. The van der Waals surface area contributed by atoms with Crippen molar-refractivity contribution in [1.82, 2.24) is 14.9 Å². The molecule has 0 spiro atoms. The molecule has 0 bridgehead atoms. The molecule has 1 amide bonds. The fraction of sp³-hybridized carbons (Fsp3) is 0.259. The lowest BCUT2D eigenvalue weighted by molar-refractivity contribution is -0.120. The van der Waals surface area contributed by atoms with Gasteiger partial charge in [-0.15, -0.1) is 0 Å². The number of aryl methyl sites for hydroxylation is 2. The smallest absolute Gasteiger partial charge is 0.227 e. The predicted octanol–water partition coefficient (Wildman–Crippen LogP) is 4.09. The molecule has 0 aliphatic rings. The highest BCUT2D eigenvalue weighted by Crippen LogP contribution is 2.19. The van der Waals surface area contributed by atoms with Crippen LogP contribution in [0.5, 0.6) is 5.75 Å². The van der Waals surface area contributed by atoms with Crippen LogP contribution < -0.4 is 10.1 Å². The standard InChI is InChI=1S/C27H28FN3O3/c1-18-11-19(2)13-23(12-18)34-17-22(32)16-31-25-6-4-3-5-24(25)30-26(31)14-27(33)29-15-20-7-9-21(28)10-8-20/h3-13,22,32H,14-17H2,1-2H3,(H,29,33). The van der Waals surface area contributed by atoms with E-state index in [0.717, 1.165) is 27.7 Å². The molecule has 0 aliphatic heterocycles. The number of ether oxygens (including phenoxy) is 1. The molecule has 1 aromatic heterocycles. The van der Waals surface area contributed by atoms with Crippen LogP contribution in [-0.4, -0.2) is 33.3 Å². The topological polar surface area (TPSA) is 76.4 Å². The number of aromatic nitrogens is 2. The minimum Gasteiger partial charge on any atom is -0.491 e. The van der Waals surface area contributed by atoms with Gasteiger partial charge >= 0.3 is 0 Å². The second-order valence-electron chi connectivity index (χ2n) is 8.50. The van der Waals surface area contributed by atoms with Gasteiger partial charge < -0.3 is 19.7 Å². The van der Waals surface area contributed by atoms with E-state index in [9.17, 15) is 14.3 Å². The van der Waals surface area contributed by atoms with Gasteiger partial charge in [-0.05, 0) is 66.9 Å². The number of nitrogens with one attached hydrogen (secondary N) is 1. The van der Waals surface area contributed by atoms with Crippen molar-refractivity contribution < 1.29 is 19.0 Å². The molecule has 1 unspecified atom stereocenters. The van der Waals surface area contributed by atoms with Gasteiger partial charge in [0.15, 0.2) is 0 Å². The van der Waals surface area contributed by atoms with E-state index in [4.69, 9.17) is 4.74 Å². The van der Waals surface area contributed by atoms with E-state index < -0.39 is 6.10 Å². The van der Waals surface area contributed by atoms with Gasteiger partial charge in [0, 0.05) is 6.54 Å². The van der Waals surface area contributed by atoms with Crippen LogP contribution in [0.4, 0.5) is 4.39 Å². The third-order valence-electron chi connectivity index (χ3n) is 5.49. The van der Waals surface area contributed by atoms with Gasteiger partial charge in [-0.2, -0.15) is 0 Å². The van der Waals surface area contributed by atoms with E-state index in [-0.39, 0.29) is 31.3 Å². The molecule has 3 aromatic carbocycles. The number of nitrogens with zero attached hydrogens (tertiary/aromatic N) is 2. The Labute approximate surface area is 198 Å². The van der Waals surface area contributed by atoms with Crippen molar-refractivity contribution >= 4 is 16.9 Å². The first-order chi connectivity index (χ1) is 16.4. The third-order valence-corrected chi connectivity index (χ3v) is 5.49. The van der Waals surface area contributed by atoms with Gasteiger partial charge in [0.1, 0.15) is 30.1 Å². The average Bonchev–Trinajstić information content (AvgIpc) is 3.13. The van der Waals surface area contributed by atoms with Gasteiger partial charge in [0.2, 0.25) is 5.91 Å². The van der Waals surface area contributed by atoms with Gasteiger partial charge in [0.25, 0.3) is 0 Å². The highest BCUT2D eigenvalue weighted by Gasteiger charge is 2.17. The van der Waals surface area contributed by atoms with E-state index in [2.05, 4.69) is 16.4 Å². The van der Waals surface area contributed by atoms with E-state index in [1.807, 2.05) is 54.8 Å². The van der Waals surface area contributed by atoms with Crippen LogP contribution in [0, 0.1) is 19.7 Å². The summed E-state index contributed by atoms with van der Waals surface area (Å²) in [5.74, 6) is 0.751. The molecule has 1 heterocycles. The molecule has 1 atom stereocenters. The Morgan fingerprint density at radius 1 is 1.09 bits per heavy atom. The van der Waals surface area contributed by atoms with E-state index in [1.165, 1.54) is 12.1 Å². The molecule has 7 heteroatoms. The number of hydrogen-bond donors (Lipinski definition) is 2. The number of carbonyl (C=O) groups excluding carboxylic acids is 1. The highest BCUT2D eigenvalue weighted by atomic mass is 19.1. The molecule has 0 saturated carbocycles. The summed E-state index contributed by atoms with van der Waals surface area (Å²) in [6.07, 6.45) is -0.736. The first kappa shape index (κ1) is 23.4. The maximum absolute atomic E-state index is 13.1. The van der Waals surface area contributed by atoms with Crippen LogP contribution in [-0.2, 0) is 24.3 Å². The lowest BCUT2D eigenvalue weighted by Crippen LogP contribution is -2.28. The molecule has 0 saturated heterocycles. The quantitative estimate of drug-likeness (QED) is 0.394. The normalized spacial score (nSPS) is 12.0. The molecular weight excluding hydrogens is 433 g/mol. The number of benzene rings is 3. The van der Waals surface area contributed by atoms with Gasteiger partial charge in [-0.25, -0.2) is 9.37 Å². The van der Waals surface area contributed by atoms with E-state index >= 15 is 0 Å². The molecule has 2 N–H and O–H groups in total. The number of aliphatic hydroxyl groups excluding tert-OH is 1. The number of halogens is 1. The van der Waals surface area contributed by atoms with Crippen LogP contribution in [0.3, 0.4) is 0 Å². The van der Waals surface area contributed by atoms with Crippen molar-refractivity contribution in [3.63, 3.8) is 0 Å². The number of fused-ring (bicyclic) bond motifs is 1. The monoisotopic (exact) mass is 461 g/mol. The number of amides is 1. The summed E-state index contributed by atoms with van der Waals surface area (Å²) in [5.41, 5.74) is 4.60. The average molecular weight is 462 g/mol. The largest absolute Gasteiger partial charge is 0.491 e. The summed E-state index contributed by atoms with van der Waals surface area (Å²) in [5, 5.41) is 13.6. The number of para-hydroxylation sites is 2. The summed E-state index contributed by atoms with van der Waals surface area (Å²) in [4.78, 5) is 17.2. The second kappa shape index (κ2) is 10.5. The summed E-state index contributed by atoms with van der Waals surface area (Å²) in [7, 11) is 0.